The van der Waals surface area contributed by atoms with Crippen LogP contribution in [0.4, 0.5) is 4.79 Å². The highest BCUT2D eigenvalue weighted by Gasteiger charge is 2.35. The van der Waals surface area contributed by atoms with Gasteiger partial charge in [-0.25, -0.2) is 4.79 Å². The fourth-order valence-electron chi connectivity index (χ4n) is 2.51. The molecule has 4 heteroatoms. The lowest BCUT2D eigenvalue weighted by atomic mass is 9.94. The predicted octanol–water partition coefficient (Wildman–Crippen LogP) is 2.46. The van der Waals surface area contributed by atoms with Gasteiger partial charge in [-0.3, -0.25) is 4.90 Å². The highest BCUT2D eigenvalue weighted by molar-refractivity contribution is 5.66. The molecule has 2 atom stereocenters. The van der Waals surface area contributed by atoms with E-state index in [-0.39, 0.29) is 11.6 Å². The molecule has 0 aliphatic carbocycles. The molecule has 1 aliphatic rings. The summed E-state index contributed by atoms with van der Waals surface area (Å²) in [7, 11) is 0. The Bertz CT molecular complexity index is 276. The number of nitrogens with one attached hydrogen (secondary N) is 1. The fraction of sp³-hybridized carbons (Fsp3) is 0.769. The zero-order chi connectivity index (χ0) is 13.1. The van der Waals surface area contributed by atoms with E-state index >= 15 is 0 Å². The molecule has 1 fully saturated rings. The van der Waals surface area contributed by atoms with Crippen LogP contribution in [0.2, 0.25) is 0 Å². The molecule has 1 rings (SSSR count). The van der Waals surface area contributed by atoms with Gasteiger partial charge in [-0.2, -0.15) is 0 Å². The smallest absolute Gasteiger partial charge is 0.408 e. The summed E-state index contributed by atoms with van der Waals surface area (Å²) in [5, 5.41) is 12.7. The molecule has 0 aromatic heterocycles. The highest BCUT2D eigenvalue weighted by atomic mass is 16.4. The molecule has 0 radical (unpaired) electrons. The molecular formula is C13H24N2O2. The van der Waals surface area contributed by atoms with E-state index in [1.807, 2.05) is 26.8 Å². The first kappa shape index (κ1) is 14.0. The Kier molecular flexibility index (Phi) is 4.57. The molecule has 2 unspecified atom stereocenters. The second-order valence-corrected chi connectivity index (χ2v) is 5.68. The molecule has 1 amide bonds. The van der Waals surface area contributed by atoms with Gasteiger partial charge in [-0.15, -0.1) is 6.58 Å². The zero-order valence-corrected chi connectivity index (χ0v) is 11.1. The van der Waals surface area contributed by atoms with Crippen molar-refractivity contribution < 1.29 is 9.90 Å². The zero-order valence-electron chi connectivity index (χ0n) is 11.1. The van der Waals surface area contributed by atoms with Crippen LogP contribution in [0.3, 0.4) is 0 Å². The van der Waals surface area contributed by atoms with Crippen LogP contribution in [-0.4, -0.2) is 40.3 Å². The summed E-state index contributed by atoms with van der Waals surface area (Å²) in [4.78, 5) is 12.9. The van der Waals surface area contributed by atoms with Crippen molar-refractivity contribution in [2.45, 2.75) is 57.7 Å². The molecule has 1 heterocycles. The Balaban J connectivity index is 2.62. The van der Waals surface area contributed by atoms with Crippen LogP contribution in [0.5, 0.6) is 0 Å². The van der Waals surface area contributed by atoms with Crippen molar-refractivity contribution in [2.75, 3.05) is 6.54 Å². The first-order chi connectivity index (χ1) is 7.86. The molecule has 4 nitrogen and oxygen atoms in total. The first-order valence-electron chi connectivity index (χ1n) is 6.22. The molecule has 1 aliphatic heterocycles. The molecule has 0 spiro atoms. The highest BCUT2D eigenvalue weighted by Crippen LogP contribution is 2.23. The van der Waals surface area contributed by atoms with Crippen LogP contribution in [0.15, 0.2) is 12.7 Å². The Morgan fingerprint density at radius 3 is 2.53 bits per heavy atom. The number of piperidine rings is 1. The maximum atomic E-state index is 11.3. The van der Waals surface area contributed by atoms with Gasteiger partial charge < -0.3 is 10.4 Å². The number of amides is 1. The molecule has 1 saturated heterocycles. The van der Waals surface area contributed by atoms with Gasteiger partial charge in [0, 0.05) is 24.2 Å². The number of hydrogen-bond donors (Lipinski definition) is 2. The lowest BCUT2D eigenvalue weighted by Gasteiger charge is -2.43. The second kappa shape index (κ2) is 5.54. The largest absolute Gasteiger partial charge is 0.465 e. The Morgan fingerprint density at radius 2 is 2.18 bits per heavy atom. The SMILES string of the molecule is C=CCC1CCC(N(C(=O)O)C(C)(C)C)CN1. The quantitative estimate of drug-likeness (QED) is 0.745. The van der Waals surface area contributed by atoms with E-state index < -0.39 is 6.09 Å². The third-order valence-electron chi connectivity index (χ3n) is 3.24. The fourth-order valence-corrected chi connectivity index (χ4v) is 2.51. The Hall–Kier alpha value is -1.03. The van der Waals surface area contributed by atoms with Crippen molar-refractivity contribution >= 4 is 6.09 Å². The van der Waals surface area contributed by atoms with Crippen LogP contribution in [0, 0.1) is 0 Å². The number of carboxylic acid groups (broad SMARTS) is 1. The van der Waals surface area contributed by atoms with Gasteiger partial charge in [-0.1, -0.05) is 6.08 Å². The van der Waals surface area contributed by atoms with Crippen LogP contribution in [-0.2, 0) is 0 Å². The van der Waals surface area contributed by atoms with Gasteiger partial charge >= 0.3 is 6.09 Å². The lowest BCUT2D eigenvalue weighted by molar-refractivity contribution is 0.0570. The van der Waals surface area contributed by atoms with Crippen LogP contribution < -0.4 is 5.32 Å². The van der Waals surface area contributed by atoms with Crippen molar-refractivity contribution in [1.29, 1.82) is 0 Å². The summed E-state index contributed by atoms with van der Waals surface area (Å²) in [6, 6.07) is 0.535. The summed E-state index contributed by atoms with van der Waals surface area (Å²) in [5.41, 5.74) is -0.344. The van der Waals surface area contributed by atoms with E-state index in [9.17, 15) is 9.90 Å². The number of carbonyl (C=O) groups is 1. The van der Waals surface area contributed by atoms with E-state index in [4.69, 9.17) is 0 Å². The summed E-state index contributed by atoms with van der Waals surface area (Å²) in [6.07, 6.45) is 3.98. The lowest BCUT2D eigenvalue weighted by Crippen LogP contribution is -2.57. The van der Waals surface area contributed by atoms with Gasteiger partial charge in [-0.05, 0) is 40.0 Å². The summed E-state index contributed by atoms with van der Waals surface area (Å²) >= 11 is 0. The summed E-state index contributed by atoms with van der Waals surface area (Å²) in [5.74, 6) is 0. The Morgan fingerprint density at radius 1 is 1.53 bits per heavy atom. The minimum Gasteiger partial charge on any atom is -0.465 e. The third-order valence-corrected chi connectivity index (χ3v) is 3.24. The maximum Gasteiger partial charge on any atom is 0.408 e. The van der Waals surface area contributed by atoms with E-state index in [1.165, 1.54) is 0 Å². The second-order valence-electron chi connectivity index (χ2n) is 5.68. The number of hydrogen-bond acceptors (Lipinski definition) is 2. The number of nitrogens with zero attached hydrogens (tertiary/aromatic N) is 1. The molecule has 98 valence electrons. The van der Waals surface area contributed by atoms with Gasteiger partial charge in [0.25, 0.3) is 0 Å². The van der Waals surface area contributed by atoms with Crippen molar-refractivity contribution in [3.8, 4) is 0 Å². The maximum absolute atomic E-state index is 11.3. The average Bonchev–Trinajstić information content (AvgIpc) is 2.18. The van der Waals surface area contributed by atoms with E-state index in [0.29, 0.717) is 6.04 Å². The average molecular weight is 240 g/mol. The molecule has 2 N–H and O–H groups in total. The molecule has 0 aromatic carbocycles. The topological polar surface area (TPSA) is 52.6 Å². The van der Waals surface area contributed by atoms with Crippen LogP contribution >= 0.6 is 0 Å². The van der Waals surface area contributed by atoms with Gasteiger partial charge in [0.15, 0.2) is 0 Å². The predicted molar refractivity (Wildman–Crippen MR) is 69.2 cm³/mol. The Labute approximate surface area is 104 Å². The molecule has 0 bridgehead atoms. The van der Waals surface area contributed by atoms with E-state index in [2.05, 4.69) is 11.9 Å². The minimum atomic E-state index is -0.827. The van der Waals surface area contributed by atoms with Gasteiger partial charge in [0.1, 0.15) is 0 Å². The van der Waals surface area contributed by atoms with Gasteiger partial charge in [0.2, 0.25) is 0 Å². The van der Waals surface area contributed by atoms with E-state index in [1.54, 1.807) is 4.90 Å². The summed E-state index contributed by atoms with van der Waals surface area (Å²) in [6.45, 7) is 10.3. The van der Waals surface area contributed by atoms with Crippen molar-refractivity contribution in [1.82, 2.24) is 10.2 Å². The minimum absolute atomic E-state index is 0.0774. The van der Waals surface area contributed by atoms with Crippen molar-refractivity contribution in [3.63, 3.8) is 0 Å². The molecule has 0 saturated carbocycles. The molecular weight excluding hydrogens is 216 g/mol. The van der Waals surface area contributed by atoms with Crippen molar-refractivity contribution in [2.24, 2.45) is 0 Å². The third kappa shape index (κ3) is 3.73. The van der Waals surface area contributed by atoms with Crippen molar-refractivity contribution in [3.05, 3.63) is 12.7 Å². The standard InChI is InChI=1S/C13H24N2O2/c1-5-6-10-7-8-11(9-14-10)15(12(16)17)13(2,3)4/h5,10-11,14H,1,6-9H2,2-4H3,(H,16,17). The normalized spacial score (nSPS) is 25.4. The molecule has 0 aromatic rings. The van der Waals surface area contributed by atoms with E-state index in [0.717, 1.165) is 25.8 Å². The first-order valence-corrected chi connectivity index (χ1v) is 6.22. The summed E-state index contributed by atoms with van der Waals surface area (Å²) < 4.78 is 0. The van der Waals surface area contributed by atoms with Gasteiger partial charge in [0.05, 0.1) is 0 Å². The van der Waals surface area contributed by atoms with Crippen LogP contribution in [0.25, 0.3) is 0 Å². The molecule has 17 heavy (non-hydrogen) atoms. The monoisotopic (exact) mass is 240 g/mol. The van der Waals surface area contributed by atoms with Crippen LogP contribution in [0.1, 0.15) is 40.0 Å². The number of rotatable bonds is 3.